The fraction of sp³-hybridized carbons (Fsp3) is 0.217. The number of nitro benzene ring substituents is 1. The Morgan fingerprint density at radius 2 is 1.26 bits per heavy atom. The summed E-state index contributed by atoms with van der Waals surface area (Å²) in [6.45, 7) is 2.77. The van der Waals surface area contributed by atoms with E-state index in [1.54, 1.807) is 12.1 Å². The summed E-state index contributed by atoms with van der Waals surface area (Å²) in [5, 5.41) is 11.3. The smallest absolute Gasteiger partial charge is 0.258 e. The highest BCUT2D eigenvalue weighted by Crippen LogP contribution is 2.67. The summed E-state index contributed by atoms with van der Waals surface area (Å²) < 4.78 is 91.6. The first-order valence-corrected chi connectivity index (χ1v) is 11.5. The lowest BCUT2D eigenvalue weighted by molar-refractivity contribution is -0.384. The summed E-state index contributed by atoms with van der Waals surface area (Å²) >= 11 is 1.90. The van der Waals surface area contributed by atoms with Gasteiger partial charge < -0.3 is 0 Å². The van der Waals surface area contributed by atoms with E-state index < -0.39 is 39.4 Å². The van der Waals surface area contributed by atoms with Gasteiger partial charge in [-0.25, -0.2) is 0 Å². The zero-order chi connectivity index (χ0) is 24.8. The molecule has 0 atom stereocenters. The van der Waals surface area contributed by atoms with Gasteiger partial charge in [-0.1, -0.05) is 18.2 Å². The molecule has 0 aliphatic heterocycles. The van der Waals surface area contributed by atoms with Crippen molar-refractivity contribution >= 4 is 59.7 Å². The van der Waals surface area contributed by atoms with Crippen LogP contribution < -0.4 is 0 Å². The molecule has 5 rings (SSSR count). The lowest BCUT2D eigenvalue weighted by Crippen LogP contribution is -2.48. The maximum absolute atomic E-state index is 15.3. The molecular weight excluding hydrogens is 500 g/mol. The average molecular weight is 513 g/mol. The Hall–Kier alpha value is -2.92. The normalized spacial score (nSPS) is 18.8. The molecule has 0 amide bonds. The molecule has 0 saturated heterocycles. The average Bonchev–Trinajstić information content (AvgIpc) is 3.28. The highest BCUT2D eigenvalue weighted by atomic mass is 32.1. The lowest BCUT2D eigenvalue weighted by Gasteiger charge is -2.26. The number of alkyl halides is 6. The number of rotatable bonds is 3. The maximum Gasteiger partial charge on any atom is 0.380 e. The summed E-state index contributed by atoms with van der Waals surface area (Å²) in [4.78, 5) is 10.7. The van der Waals surface area contributed by atoms with Crippen molar-refractivity contribution < 1.29 is 31.3 Å². The van der Waals surface area contributed by atoms with Gasteiger partial charge in [0.15, 0.2) is 0 Å². The Balaban J connectivity index is 1.96. The van der Waals surface area contributed by atoms with Crippen LogP contribution in [0.25, 0.3) is 31.3 Å². The molecule has 176 valence electrons. The van der Waals surface area contributed by atoms with E-state index in [9.17, 15) is 18.9 Å². The maximum atomic E-state index is 15.3. The number of halogens is 6. The fourth-order valence-electron chi connectivity index (χ4n) is 4.50. The van der Waals surface area contributed by atoms with Gasteiger partial charge in [0, 0.05) is 64.3 Å². The summed E-state index contributed by atoms with van der Waals surface area (Å²) in [6.07, 6.45) is 0. The number of aryl methyl sites for hydroxylation is 2. The molecule has 1 aliphatic carbocycles. The predicted octanol–water partition coefficient (Wildman–Crippen LogP) is 8.47. The topological polar surface area (TPSA) is 43.1 Å². The van der Waals surface area contributed by atoms with Crippen LogP contribution in [-0.4, -0.2) is 22.7 Å². The molecule has 0 radical (unpaired) electrons. The standard InChI is InChI=1S/C23H13F6NO2S2/c1-10-17(13-5-3-4-6-15(13)33-10)19-20(22(26,27)23(28,29)21(19,24)25)18-11(2)34-16-9-12(30(31)32)7-8-14(16)18/h3-9H,1-2H3. The van der Waals surface area contributed by atoms with Crippen LogP contribution in [0.1, 0.15) is 20.9 Å². The molecule has 0 bridgehead atoms. The van der Waals surface area contributed by atoms with Gasteiger partial charge in [0.25, 0.3) is 5.69 Å². The van der Waals surface area contributed by atoms with Crippen molar-refractivity contribution in [3.8, 4) is 0 Å². The molecule has 0 N–H and O–H groups in total. The molecule has 0 unspecified atom stereocenters. The van der Waals surface area contributed by atoms with Crippen molar-refractivity contribution in [2.45, 2.75) is 31.6 Å². The number of thiophene rings is 2. The Bertz CT molecular complexity index is 1550. The van der Waals surface area contributed by atoms with Crippen molar-refractivity contribution in [3.63, 3.8) is 0 Å². The second-order valence-electron chi connectivity index (χ2n) is 7.97. The third-order valence-electron chi connectivity index (χ3n) is 6.00. The van der Waals surface area contributed by atoms with Crippen molar-refractivity contribution in [2.75, 3.05) is 0 Å². The highest BCUT2D eigenvalue weighted by molar-refractivity contribution is 7.19. The quantitative estimate of drug-likeness (QED) is 0.157. The van der Waals surface area contributed by atoms with Crippen LogP contribution in [0.3, 0.4) is 0 Å². The molecule has 2 heterocycles. The van der Waals surface area contributed by atoms with Crippen molar-refractivity contribution in [2.24, 2.45) is 0 Å². The second-order valence-corrected chi connectivity index (χ2v) is 10.5. The van der Waals surface area contributed by atoms with Crippen LogP contribution in [-0.2, 0) is 0 Å². The van der Waals surface area contributed by atoms with E-state index in [0.29, 0.717) is 4.70 Å². The molecule has 0 fully saturated rings. The van der Waals surface area contributed by atoms with E-state index >= 15 is 17.6 Å². The molecule has 4 aromatic rings. The van der Waals surface area contributed by atoms with Crippen molar-refractivity contribution in [1.82, 2.24) is 0 Å². The molecule has 11 heteroatoms. The fourth-order valence-corrected chi connectivity index (χ4v) is 6.67. The van der Waals surface area contributed by atoms with Crippen molar-refractivity contribution in [3.05, 3.63) is 73.5 Å². The third kappa shape index (κ3) is 2.76. The number of hydrogen-bond donors (Lipinski definition) is 0. The minimum atomic E-state index is -5.68. The monoisotopic (exact) mass is 513 g/mol. The summed E-state index contributed by atoms with van der Waals surface area (Å²) in [6, 6.07) is 9.48. The van der Waals surface area contributed by atoms with Crippen LogP contribution in [0.5, 0.6) is 0 Å². The Morgan fingerprint density at radius 3 is 1.82 bits per heavy atom. The van der Waals surface area contributed by atoms with Gasteiger partial charge in [-0.2, -0.15) is 26.3 Å². The molecule has 0 saturated carbocycles. The van der Waals surface area contributed by atoms with Crippen LogP contribution in [0.15, 0.2) is 42.5 Å². The van der Waals surface area contributed by atoms with Crippen LogP contribution in [0.4, 0.5) is 32.0 Å². The van der Waals surface area contributed by atoms with Gasteiger partial charge in [-0.15, -0.1) is 22.7 Å². The number of nitrogens with zero attached hydrogens (tertiary/aromatic N) is 1. The van der Waals surface area contributed by atoms with E-state index in [0.717, 1.165) is 40.9 Å². The van der Waals surface area contributed by atoms with Gasteiger partial charge >= 0.3 is 17.8 Å². The van der Waals surface area contributed by atoms with E-state index in [1.165, 1.54) is 26.0 Å². The number of hydrogen-bond acceptors (Lipinski definition) is 4. The van der Waals surface area contributed by atoms with Gasteiger partial charge in [0.2, 0.25) is 0 Å². The molecule has 1 aliphatic rings. The zero-order valence-corrected chi connectivity index (χ0v) is 19.0. The first-order chi connectivity index (χ1) is 15.8. The molecule has 34 heavy (non-hydrogen) atoms. The van der Waals surface area contributed by atoms with E-state index in [4.69, 9.17) is 0 Å². The SMILES string of the molecule is Cc1sc2ccccc2c1C1=C(c2c(C)sc3cc([N+](=O)[O-])ccc23)C(F)(F)C(F)(F)C1(F)F. The molecular formula is C23H13F6NO2S2. The largest absolute Gasteiger partial charge is 0.380 e. The Kier molecular flexibility index (Phi) is 4.74. The molecule has 2 aromatic carbocycles. The summed E-state index contributed by atoms with van der Waals surface area (Å²) in [5.41, 5.74) is -3.95. The third-order valence-corrected chi connectivity index (χ3v) is 8.15. The minimum Gasteiger partial charge on any atom is -0.258 e. The van der Waals surface area contributed by atoms with Crippen LogP contribution in [0, 0.1) is 24.0 Å². The van der Waals surface area contributed by atoms with Gasteiger partial charge in [-0.05, 0) is 26.0 Å². The van der Waals surface area contributed by atoms with Crippen LogP contribution >= 0.6 is 22.7 Å². The molecule has 0 spiro atoms. The summed E-state index contributed by atoms with van der Waals surface area (Å²) in [5.74, 6) is -16.0. The van der Waals surface area contributed by atoms with Gasteiger partial charge in [0.05, 0.1) is 4.92 Å². The number of nitro groups is 1. The first kappa shape index (κ1) is 22.9. The first-order valence-electron chi connectivity index (χ1n) is 9.85. The summed E-state index contributed by atoms with van der Waals surface area (Å²) in [7, 11) is 0. The predicted molar refractivity (Wildman–Crippen MR) is 121 cm³/mol. The number of benzene rings is 2. The van der Waals surface area contributed by atoms with Gasteiger partial charge in [0.1, 0.15) is 0 Å². The van der Waals surface area contributed by atoms with E-state index in [1.807, 2.05) is 0 Å². The highest BCUT2D eigenvalue weighted by Gasteiger charge is 2.80. The van der Waals surface area contributed by atoms with E-state index in [2.05, 4.69) is 0 Å². The lowest BCUT2D eigenvalue weighted by atomic mass is 9.91. The minimum absolute atomic E-state index is 0.0223. The van der Waals surface area contributed by atoms with Crippen LogP contribution in [0.2, 0.25) is 0 Å². The van der Waals surface area contributed by atoms with Crippen molar-refractivity contribution in [1.29, 1.82) is 0 Å². The van der Waals surface area contributed by atoms with Gasteiger partial charge in [-0.3, -0.25) is 10.1 Å². The Labute approximate surface area is 196 Å². The number of fused-ring (bicyclic) bond motifs is 2. The zero-order valence-electron chi connectivity index (χ0n) is 17.4. The Morgan fingerprint density at radius 1 is 0.765 bits per heavy atom. The van der Waals surface area contributed by atoms with E-state index in [-0.39, 0.29) is 36.5 Å². The molecule has 2 aromatic heterocycles. The number of non-ortho nitro benzene ring substituents is 1. The second kappa shape index (κ2) is 7.05. The molecule has 3 nitrogen and oxygen atoms in total. The number of allylic oxidation sites excluding steroid dienone is 2.